The molecule has 0 saturated carbocycles. The number of aryl methyl sites for hydroxylation is 2. The van der Waals surface area contributed by atoms with Crippen LogP contribution in [-0.2, 0) is 6.54 Å². The number of hydrogen-bond acceptors (Lipinski definition) is 3. The predicted molar refractivity (Wildman–Crippen MR) is 88.1 cm³/mol. The number of aromatic nitrogens is 2. The predicted octanol–water partition coefficient (Wildman–Crippen LogP) is 1.89. The van der Waals surface area contributed by atoms with Gasteiger partial charge in [-0.25, -0.2) is 0 Å². The van der Waals surface area contributed by atoms with Crippen molar-refractivity contribution < 1.29 is 4.79 Å². The van der Waals surface area contributed by atoms with Crippen LogP contribution in [0, 0.1) is 13.8 Å². The molecule has 1 aromatic carbocycles. The van der Waals surface area contributed by atoms with Gasteiger partial charge in [-0.1, -0.05) is 19.1 Å². The van der Waals surface area contributed by atoms with Crippen LogP contribution in [0.4, 0.5) is 0 Å². The minimum absolute atomic E-state index is 0.0341. The molecule has 0 aliphatic rings. The summed E-state index contributed by atoms with van der Waals surface area (Å²) in [4.78, 5) is 12.1. The van der Waals surface area contributed by atoms with E-state index in [0.717, 1.165) is 30.0 Å². The van der Waals surface area contributed by atoms with Gasteiger partial charge < -0.3 is 10.6 Å². The summed E-state index contributed by atoms with van der Waals surface area (Å²) in [5, 5.41) is 10.6. The number of nitrogens with zero attached hydrogens (tertiary/aromatic N) is 2. The highest BCUT2D eigenvalue weighted by atomic mass is 16.1. The summed E-state index contributed by atoms with van der Waals surface area (Å²) >= 11 is 0. The molecule has 0 saturated heterocycles. The third kappa shape index (κ3) is 4.43. The Balaban J connectivity index is 2.00. The van der Waals surface area contributed by atoms with Crippen LogP contribution >= 0.6 is 0 Å². The molecule has 5 nitrogen and oxygen atoms in total. The van der Waals surface area contributed by atoms with Gasteiger partial charge in [-0.15, -0.1) is 0 Å². The smallest absolute Gasteiger partial charge is 0.251 e. The van der Waals surface area contributed by atoms with Gasteiger partial charge in [0.2, 0.25) is 0 Å². The van der Waals surface area contributed by atoms with Gasteiger partial charge in [0.25, 0.3) is 5.91 Å². The van der Waals surface area contributed by atoms with Crippen LogP contribution in [0.15, 0.2) is 30.3 Å². The van der Waals surface area contributed by atoms with Gasteiger partial charge in [-0.05, 0) is 44.2 Å². The highest BCUT2D eigenvalue weighted by Crippen LogP contribution is 2.10. The average Bonchev–Trinajstić information content (AvgIpc) is 2.81. The minimum Gasteiger partial charge on any atom is -0.351 e. The van der Waals surface area contributed by atoms with Crippen LogP contribution in [0.3, 0.4) is 0 Å². The molecule has 22 heavy (non-hydrogen) atoms. The van der Waals surface area contributed by atoms with Gasteiger partial charge in [-0.3, -0.25) is 9.48 Å². The van der Waals surface area contributed by atoms with E-state index < -0.39 is 0 Å². The Kier molecular flexibility index (Phi) is 5.72. The molecule has 0 radical (unpaired) electrons. The second-order valence-corrected chi connectivity index (χ2v) is 5.39. The molecule has 0 spiro atoms. The molecule has 2 aromatic rings. The number of rotatable bonds is 7. The summed E-state index contributed by atoms with van der Waals surface area (Å²) < 4.78 is 1.96. The second kappa shape index (κ2) is 7.75. The second-order valence-electron chi connectivity index (χ2n) is 5.39. The summed E-state index contributed by atoms with van der Waals surface area (Å²) in [7, 11) is 0. The van der Waals surface area contributed by atoms with E-state index in [2.05, 4.69) is 21.8 Å². The maximum Gasteiger partial charge on any atom is 0.251 e. The van der Waals surface area contributed by atoms with Crippen molar-refractivity contribution in [3.05, 3.63) is 52.8 Å². The van der Waals surface area contributed by atoms with Crippen molar-refractivity contribution in [1.29, 1.82) is 0 Å². The fraction of sp³-hybridized carbons (Fsp3) is 0.412. The fourth-order valence-corrected chi connectivity index (χ4v) is 2.36. The van der Waals surface area contributed by atoms with E-state index in [1.165, 1.54) is 0 Å². The topological polar surface area (TPSA) is 58.9 Å². The molecule has 5 heteroatoms. The molecule has 0 atom stereocenters. The summed E-state index contributed by atoms with van der Waals surface area (Å²) in [6, 6.07) is 9.76. The van der Waals surface area contributed by atoms with E-state index in [4.69, 9.17) is 0 Å². The zero-order valence-corrected chi connectivity index (χ0v) is 13.5. The molecular weight excluding hydrogens is 276 g/mol. The fourth-order valence-electron chi connectivity index (χ4n) is 2.36. The SMILES string of the molecule is CCNCCNC(=O)c1cccc(Cn2nc(C)cc2C)c1. The molecule has 118 valence electrons. The molecule has 2 N–H and O–H groups in total. The maximum atomic E-state index is 12.1. The molecule has 0 aliphatic carbocycles. The van der Waals surface area contributed by atoms with Crippen molar-refractivity contribution in [2.24, 2.45) is 0 Å². The molecule has 1 amide bonds. The van der Waals surface area contributed by atoms with E-state index in [0.29, 0.717) is 18.7 Å². The number of benzene rings is 1. The van der Waals surface area contributed by atoms with E-state index >= 15 is 0 Å². The highest BCUT2D eigenvalue weighted by molar-refractivity contribution is 5.94. The summed E-state index contributed by atoms with van der Waals surface area (Å²) in [5.41, 5.74) is 3.90. The molecule has 0 bridgehead atoms. The number of hydrogen-bond donors (Lipinski definition) is 2. The zero-order valence-electron chi connectivity index (χ0n) is 13.5. The van der Waals surface area contributed by atoms with Gasteiger partial charge >= 0.3 is 0 Å². The Morgan fingerprint density at radius 2 is 2.05 bits per heavy atom. The Bertz CT molecular complexity index is 633. The van der Waals surface area contributed by atoms with Gasteiger partial charge in [0, 0.05) is 24.3 Å². The molecular formula is C17H24N4O. The van der Waals surface area contributed by atoms with Crippen molar-refractivity contribution in [3.8, 4) is 0 Å². The standard InChI is InChI=1S/C17H24N4O/c1-4-18-8-9-19-17(22)16-7-5-6-15(11-16)12-21-14(3)10-13(2)20-21/h5-7,10-11,18H,4,8-9,12H2,1-3H3,(H,19,22). The van der Waals surface area contributed by atoms with Crippen LogP contribution in [0.2, 0.25) is 0 Å². The molecule has 2 rings (SSSR count). The lowest BCUT2D eigenvalue weighted by Gasteiger charge is -2.08. The van der Waals surface area contributed by atoms with Crippen LogP contribution in [0.5, 0.6) is 0 Å². The van der Waals surface area contributed by atoms with Crippen molar-refractivity contribution in [2.45, 2.75) is 27.3 Å². The van der Waals surface area contributed by atoms with Crippen LogP contribution < -0.4 is 10.6 Å². The Morgan fingerprint density at radius 1 is 1.23 bits per heavy atom. The van der Waals surface area contributed by atoms with Crippen molar-refractivity contribution in [3.63, 3.8) is 0 Å². The van der Waals surface area contributed by atoms with Gasteiger partial charge in [-0.2, -0.15) is 5.10 Å². The molecule has 0 aliphatic heterocycles. The first-order chi connectivity index (χ1) is 10.6. The number of nitrogens with one attached hydrogen (secondary N) is 2. The monoisotopic (exact) mass is 300 g/mol. The van der Waals surface area contributed by atoms with Crippen molar-refractivity contribution in [1.82, 2.24) is 20.4 Å². The van der Waals surface area contributed by atoms with E-state index in [-0.39, 0.29) is 5.91 Å². The summed E-state index contributed by atoms with van der Waals surface area (Å²) in [6.45, 7) is 9.08. The number of amides is 1. The van der Waals surface area contributed by atoms with Crippen molar-refractivity contribution >= 4 is 5.91 Å². The van der Waals surface area contributed by atoms with E-state index in [9.17, 15) is 4.79 Å². The third-order valence-electron chi connectivity index (χ3n) is 3.46. The van der Waals surface area contributed by atoms with Crippen LogP contribution in [0.1, 0.15) is 34.2 Å². The average molecular weight is 300 g/mol. The number of carbonyl (C=O) groups is 1. The Labute approximate surface area is 131 Å². The van der Waals surface area contributed by atoms with Crippen LogP contribution in [-0.4, -0.2) is 35.3 Å². The molecule has 0 fully saturated rings. The van der Waals surface area contributed by atoms with Gasteiger partial charge in [0.15, 0.2) is 0 Å². The number of carbonyl (C=O) groups excluding carboxylic acids is 1. The molecule has 0 unspecified atom stereocenters. The van der Waals surface area contributed by atoms with Gasteiger partial charge in [0.1, 0.15) is 0 Å². The number of likely N-dealkylation sites (N-methyl/N-ethyl adjacent to an activating group) is 1. The lowest BCUT2D eigenvalue weighted by molar-refractivity contribution is 0.0954. The first-order valence-corrected chi connectivity index (χ1v) is 7.69. The summed E-state index contributed by atoms with van der Waals surface area (Å²) in [6.07, 6.45) is 0. The Morgan fingerprint density at radius 3 is 2.73 bits per heavy atom. The lowest BCUT2D eigenvalue weighted by atomic mass is 10.1. The first kappa shape index (κ1) is 16.2. The maximum absolute atomic E-state index is 12.1. The first-order valence-electron chi connectivity index (χ1n) is 7.69. The Hall–Kier alpha value is -2.14. The lowest BCUT2D eigenvalue weighted by Crippen LogP contribution is -2.31. The normalized spacial score (nSPS) is 10.7. The van der Waals surface area contributed by atoms with Gasteiger partial charge in [0.05, 0.1) is 12.2 Å². The quantitative estimate of drug-likeness (QED) is 0.768. The molecule has 1 heterocycles. The van der Waals surface area contributed by atoms with E-state index in [1.807, 2.05) is 49.7 Å². The molecule has 1 aromatic heterocycles. The highest BCUT2D eigenvalue weighted by Gasteiger charge is 2.07. The largest absolute Gasteiger partial charge is 0.351 e. The minimum atomic E-state index is -0.0341. The van der Waals surface area contributed by atoms with Crippen molar-refractivity contribution in [2.75, 3.05) is 19.6 Å². The van der Waals surface area contributed by atoms with Crippen LogP contribution in [0.25, 0.3) is 0 Å². The third-order valence-corrected chi connectivity index (χ3v) is 3.46. The summed E-state index contributed by atoms with van der Waals surface area (Å²) in [5.74, 6) is -0.0341. The van der Waals surface area contributed by atoms with E-state index in [1.54, 1.807) is 0 Å². The zero-order chi connectivity index (χ0) is 15.9.